The lowest BCUT2D eigenvalue weighted by Crippen LogP contribution is -2.46. The van der Waals surface area contributed by atoms with E-state index in [9.17, 15) is 0 Å². The van der Waals surface area contributed by atoms with Gasteiger partial charge in [-0.1, -0.05) is 32.4 Å². The fourth-order valence-electron chi connectivity index (χ4n) is 1.61. The van der Waals surface area contributed by atoms with Crippen LogP contribution in [0.3, 0.4) is 0 Å². The summed E-state index contributed by atoms with van der Waals surface area (Å²) in [5.41, 5.74) is 1.47. The zero-order chi connectivity index (χ0) is 8.27. The molecule has 0 radical (unpaired) electrons. The van der Waals surface area contributed by atoms with Crippen LogP contribution in [0.2, 0.25) is 0 Å². The smallest absolute Gasteiger partial charge is 0.00594 e. The Morgan fingerprint density at radius 1 is 1.45 bits per heavy atom. The van der Waals surface area contributed by atoms with Gasteiger partial charge in [-0.3, -0.25) is 0 Å². The highest BCUT2D eigenvalue weighted by atomic mass is 15.2. The van der Waals surface area contributed by atoms with Crippen LogP contribution in [0, 0.1) is 5.92 Å². The molecule has 0 saturated carbocycles. The summed E-state index contributed by atoms with van der Waals surface area (Å²) in [6.07, 6.45) is 2.48. The highest BCUT2D eigenvalue weighted by Gasteiger charge is 2.26. The summed E-state index contributed by atoms with van der Waals surface area (Å²) in [6.45, 7) is 12.3. The monoisotopic (exact) mass is 153 g/mol. The van der Waals surface area contributed by atoms with Gasteiger partial charge < -0.3 is 4.90 Å². The van der Waals surface area contributed by atoms with Gasteiger partial charge in [0.15, 0.2) is 0 Å². The van der Waals surface area contributed by atoms with Crippen molar-refractivity contribution in [3.63, 3.8) is 0 Å². The SMILES string of the molecule is C=C(CCC)C1CN(CC)C1. The topological polar surface area (TPSA) is 3.24 Å². The third-order valence-electron chi connectivity index (χ3n) is 2.55. The predicted molar refractivity (Wildman–Crippen MR) is 49.7 cm³/mol. The molecule has 1 aliphatic rings. The van der Waals surface area contributed by atoms with E-state index in [2.05, 4.69) is 25.3 Å². The molecule has 0 unspecified atom stereocenters. The first-order chi connectivity index (χ1) is 5.27. The quantitative estimate of drug-likeness (QED) is 0.560. The molecule has 1 saturated heterocycles. The zero-order valence-electron chi connectivity index (χ0n) is 7.77. The highest BCUT2D eigenvalue weighted by Crippen LogP contribution is 2.24. The minimum Gasteiger partial charge on any atom is -0.302 e. The van der Waals surface area contributed by atoms with E-state index < -0.39 is 0 Å². The fraction of sp³-hybridized carbons (Fsp3) is 0.800. The van der Waals surface area contributed by atoms with Crippen LogP contribution in [-0.2, 0) is 0 Å². The minimum atomic E-state index is 0.815. The van der Waals surface area contributed by atoms with E-state index in [0.717, 1.165) is 5.92 Å². The van der Waals surface area contributed by atoms with Crippen molar-refractivity contribution >= 4 is 0 Å². The van der Waals surface area contributed by atoms with Crippen molar-refractivity contribution in [2.45, 2.75) is 26.7 Å². The van der Waals surface area contributed by atoms with E-state index in [4.69, 9.17) is 0 Å². The number of likely N-dealkylation sites (tertiary alicyclic amines) is 1. The maximum Gasteiger partial charge on any atom is 0.00594 e. The van der Waals surface area contributed by atoms with Crippen molar-refractivity contribution in [3.05, 3.63) is 12.2 Å². The van der Waals surface area contributed by atoms with Crippen molar-refractivity contribution < 1.29 is 0 Å². The molecule has 1 fully saturated rings. The molecule has 0 spiro atoms. The summed E-state index contributed by atoms with van der Waals surface area (Å²) in [5.74, 6) is 0.815. The molecule has 0 bridgehead atoms. The lowest BCUT2D eigenvalue weighted by molar-refractivity contribution is 0.129. The lowest BCUT2D eigenvalue weighted by atomic mass is 9.90. The Bertz CT molecular complexity index is 134. The highest BCUT2D eigenvalue weighted by molar-refractivity contribution is 5.06. The van der Waals surface area contributed by atoms with E-state index in [1.165, 1.54) is 38.0 Å². The van der Waals surface area contributed by atoms with E-state index in [0.29, 0.717) is 0 Å². The Morgan fingerprint density at radius 2 is 2.09 bits per heavy atom. The average Bonchev–Trinajstić information content (AvgIpc) is 1.86. The number of hydrogen-bond acceptors (Lipinski definition) is 1. The van der Waals surface area contributed by atoms with Crippen LogP contribution >= 0.6 is 0 Å². The van der Waals surface area contributed by atoms with Gasteiger partial charge in [0.25, 0.3) is 0 Å². The van der Waals surface area contributed by atoms with Gasteiger partial charge in [0.1, 0.15) is 0 Å². The summed E-state index contributed by atoms with van der Waals surface area (Å²) in [7, 11) is 0. The normalized spacial score (nSPS) is 19.8. The third-order valence-corrected chi connectivity index (χ3v) is 2.55. The van der Waals surface area contributed by atoms with E-state index in [1.54, 1.807) is 0 Å². The van der Waals surface area contributed by atoms with Crippen molar-refractivity contribution in [2.24, 2.45) is 5.92 Å². The van der Waals surface area contributed by atoms with Crippen LogP contribution in [0.25, 0.3) is 0 Å². The second-order valence-electron chi connectivity index (χ2n) is 3.46. The van der Waals surface area contributed by atoms with Gasteiger partial charge in [0.05, 0.1) is 0 Å². The molecule has 1 aliphatic heterocycles. The number of rotatable bonds is 4. The molecule has 0 amide bonds. The van der Waals surface area contributed by atoms with Crippen molar-refractivity contribution in [3.8, 4) is 0 Å². The Balaban J connectivity index is 2.16. The van der Waals surface area contributed by atoms with E-state index >= 15 is 0 Å². The second-order valence-corrected chi connectivity index (χ2v) is 3.46. The molecule has 0 atom stereocenters. The van der Waals surface area contributed by atoms with Crippen LogP contribution in [0.1, 0.15) is 26.7 Å². The molecule has 0 aliphatic carbocycles. The molecule has 0 N–H and O–H groups in total. The van der Waals surface area contributed by atoms with Crippen LogP contribution < -0.4 is 0 Å². The number of hydrogen-bond donors (Lipinski definition) is 0. The summed E-state index contributed by atoms with van der Waals surface area (Å²) >= 11 is 0. The largest absolute Gasteiger partial charge is 0.302 e. The maximum atomic E-state index is 4.11. The Kier molecular flexibility index (Phi) is 3.13. The van der Waals surface area contributed by atoms with Gasteiger partial charge in [0.2, 0.25) is 0 Å². The molecule has 11 heavy (non-hydrogen) atoms. The van der Waals surface area contributed by atoms with Crippen LogP contribution in [-0.4, -0.2) is 24.5 Å². The zero-order valence-corrected chi connectivity index (χ0v) is 7.77. The Labute approximate surface area is 70.1 Å². The first-order valence-electron chi connectivity index (χ1n) is 4.68. The van der Waals surface area contributed by atoms with Gasteiger partial charge in [-0.2, -0.15) is 0 Å². The lowest BCUT2D eigenvalue weighted by Gasteiger charge is -2.39. The fourth-order valence-corrected chi connectivity index (χ4v) is 1.61. The standard InChI is InChI=1S/C10H19N/c1-4-6-9(3)10-7-11(5-2)8-10/h10H,3-8H2,1-2H3. The van der Waals surface area contributed by atoms with Crippen molar-refractivity contribution in [1.29, 1.82) is 0 Å². The van der Waals surface area contributed by atoms with Crippen LogP contribution in [0.5, 0.6) is 0 Å². The summed E-state index contributed by atoms with van der Waals surface area (Å²) in [6, 6.07) is 0. The molecule has 0 aromatic rings. The predicted octanol–water partition coefficient (Wildman–Crippen LogP) is 2.29. The van der Waals surface area contributed by atoms with E-state index in [-0.39, 0.29) is 0 Å². The molecular formula is C10H19N. The average molecular weight is 153 g/mol. The second kappa shape index (κ2) is 3.91. The summed E-state index contributed by atoms with van der Waals surface area (Å²) < 4.78 is 0. The van der Waals surface area contributed by atoms with Gasteiger partial charge in [0, 0.05) is 19.0 Å². The molecule has 0 aromatic heterocycles. The van der Waals surface area contributed by atoms with Gasteiger partial charge >= 0.3 is 0 Å². The van der Waals surface area contributed by atoms with Crippen LogP contribution in [0.4, 0.5) is 0 Å². The van der Waals surface area contributed by atoms with Crippen molar-refractivity contribution in [1.82, 2.24) is 4.90 Å². The molecule has 1 rings (SSSR count). The molecule has 1 heterocycles. The molecule has 0 aromatic carbocycles. The Hall–Kier alpha value is -0.300. The molecule has 1 nitrogen and oxygen atoms in total. The first-order valence-corrected chi connectivity index (χ1v) is 4.68. The minimum absolute atomic E-state index is 0.815. The van der Waals surface area contributed by atoms with Gasteiger partial charge in [-0.15, -0.1) is 0 Å². The maximum absolute atomic E-state index is 4.11. The van der Waals surface area contributed by atoms with Crippen LogP contribution in [0.15, 0.2) is 12.2 Å². The molecular weight excluding hydrogens is 134 g/mol. The van der Waals surface area contributed by atoms with Gasteiger partial charge in [-0.05, 0) is 13.0 Å². The van der Waals surface area contributed by atoms with E-state index in [1.807, 2.05) is 0 Å². The van der Waals surface area contributed by atoms with Gasteiger partial charge in [-0.25, -0.2) is 0 Å². The Morgan fingerprint density at radius 3 is 2.55 bits per heavy atom. The third kappa shape index (κ3) is 2.06. The molecule has 1 heteroatoms. The summed E-state index contributed by atoms with van der Waals surface area (Å²) in [4.78, 5) is 2.46. The molecule has 64 valence electrons. The number of nitrogens with zero attached hydrogens (tertiary/aromatic N) is 1. The summed E-state index contributed by atoms with van der Waals surface area (Å²) in [5, 5.41) is 0. The van der Waals surface area contributed by atoms with Crippen molar-refractivity contribution in [2.75, 3.05) is 19.6 Å². The first kappa shape index (κ1) is 8.79.